The number of rotatable bonds is 8. The smallest absolute Gasteiger partial charge is 0.145 e. The number of hydrogen-bond acceptors (Lipinski definition) is 12. The van der Waals surface area contributed by atoms with Crippen molar-refractivity contribution in [3.63, 3.8) is 0 Å². The number of pyridine rings is 2. The monoisotopic (exact) mass is 2020 g/mol. The molecule has 4 radical (unpaired) electrons. The van der Waals surface area contributed by atoms with E-state index < -0.39 is 0 Å². The van der Waals surface area contributed by atoms with Gasteiger partial charge in [0.1, 0.15) is 23.3 Å². The van der Waals surface area contributed by atoms with E-state index in [-0.39, 0.29) is 91.3 Å². The maximum atomic E-state index is 4.63. The van der Waals surface area contributed by atoms with Gasteiger partial charge in [-0.1, -0.05) is 137 Å². The molecule has 12 aromatic rings. The van der Waals surface area contributed by atoms with Crippen molar-refractivity contribution in [2.45, 2.75) is 80.1 Å². The molecule has 4 aliphatic rings. The molecule has 16 heteroatoms. The van der Waals surface area contributed by atoms with E-state index in [1.54, 1.807) is 12.4 Å². The summed E-state index contributed by atoms with van der Waals surface area (Å²) >= 11 is 0. The van der Waals surface area contributed by atoms with Gasteiger partial charge < -0.3 is 39.2 Å². The Balaban J connectivity index is 0.000000154. The topological polar surface area (TPSA) is 77.5 Å². The Kier molecular flexibility index (Phi) is 25.1. The van der Waals surface area contributed by atoms with Gasteiger partial charge in [0.25, 0.3) is 0 Å². The Bertz CT molecular complexity index is 4350. The number of benzene rings is 9. The van der Waals surface area contributed by atoms with Gasteiger partial charge in [0, 0.05) is 139 Å². The molecular weight excluding hydrogens is 1950 g/mol. The summed E-state index contributed by atoms with van der Waals surface area (Å²) < 4.78 is 0. The summed E-state index contributed by atoms with van der Waals surface area (Å²) in [5, 5.41) is 0. The van der Waals surface area contributed by atoms with Gasteiger partial charge in [-0.15, -0.1) is 61.6 Å². The van der Waals surface area contributed by atoms with Crippen LogP contribution in [0.5, 0.6) is 0 Å². The summed E-state index contributed by atoms with van der Waals surface area (Å²) in [6.45, 7) is 30.1. The van der Waals surface area contributed by atoms with E-state index >= 15 is 0 Å². The van der Waals surface area contributed by atoms with Gasteiger partial charge in [-0.3, -0.25) is 0 Å². The fourth-order valence-electron chi connectivity index (χ4n) is 11.9. The predicted molar refractivity (Wildman–Crippen MR) is 394 cm³/mol. The Morgan fingerprint density at radius 2 is 0.550 bits per heavy atom. The third kappa shape index (κ3) is 16.2. The molecule has 7 heterocycles. The van der Waals surface area contributed by atoms with Crippen LogP contribution < -0.4 is 39.2 Å². The molecule has 516 valence electrons. The van der Waals surface area contributed by atoms with Gasteiger partial charge in [-0.2, -0.15) is 108 Å². The Morgan fingerprint density at radius 1 is 0.260 bits per heavy atom. The first kappa shape index (κ1) is 75.6. The summed E-state index contributed by atoms with van der Waals surface area (Å²) in [5.74, 6) is 3.51. The van der Waals surface area contributed by atoms with E-state index in [2.05, 4.69) is 332 Å². The molecule has 0 atom stereocenters. The largest absolute Gasteiger partial charge is 0.493 e. The quantitative estimate of drug-likeness (QED) is 0.136. The van der Waals surface area contributed by atoms with Gasteiger partial charge in [-0.25, -0.2) is 19.9 Å². The maximum absolute atomic E-state index is 4.63. The van der Waals surface area contributed by atoms with Crippen LogP contribution in [0.2, 0.25) is 0 Å². The number of aryl methyl sites for hydroxylation is 4. The minimum absolute atomic E-state index is 0. The van der Waals surface area contributed by atoms with Crippen LogP contribution in [0.4, 0.5) is 91.5 Å². The SMILES string of the molecule is Cc1ccccc1N1[CH-]N(c2[c-]cc(C(C)(C)C)cc2)c2cccnc21.Cc1ccccc1N1[CH-]N(c2[c-]cc(C(C)(C)C)cc2)c2ncccc21.Cc1ccccc1N1[CH-]N(c2[c-]cccc2)c2ccccc21.Cc1ccccc1N1[CH-]N(c2[c-]cccc2)c2nccnc21.[Ir].[Ir].[Ir].[Ir]. The molecule has 0 saturated carbocycles. The number of para-hydroxylation sites is 8. The molecule has 0 aliphatic carbocycles. The summed E-state index contributed by atoms with van der Waals surface area (Å²) in [4.78, 5) is 35.4. The predicted octanol–water partition coefficient (Wildman–Crippen LogP) is 21.0. The summed E-state index contributed by atoms with van der Waals surface area (Å²) in [7, 11) is 0. The zero-order valence-electron chi connectivity index (χ0n) is 57.3. The van der Waals surface area contributed by atoms with Gasteiger partial charge >= 0.3 is 0 Å². The fourth-order valence-corrected chi connectivity index (χ4v) is 11.9. The van der Waals surface area contributed by atoms with Crippen molar-refractivity contribution in [2.24, 2.45) is 0 Å². The van der Waals surface area contributed by atoms with Crippen LogP contribution >= 0.6 is 0 Å². The first-order valence-electron chi connectivity index (χ1n) is 32.3. The van der Waals surface area contributed by atoms with E-state index in [4.69, 9.17) is 0 Å². The zero-order valence-corrected chi connectivity index (χ0v) is 66.8. The van der Waals surface area contributed by atoms with Crippen LogP contribution in [0, 0.1) is 78.6 Å². The normalized spacial score (nSPS) is 13.1. The molecule has 4 aliphatic heterocycles. The van der Waals surface area contributed by atoms with Crippen molar-refractivity contribution in [3.05, 3.63) is 340 Å². The number of fused-ring (bicyclic) bond motifs is 4. The molecule has 0 amide bonds. The molecule has 3 aromatic heterocycles. The van der Waals surface area contributed by atoms with Crippen molar-refractivity contribution in [1.82, 2.24) is 19.9 Å². The van der Waals surface area contributed by atoms with Crippen molar-refractivity contribution >= 4 is 91.5 Å². The van der Waals surface area contributed by atoms with Gasteiger partial charge in [-0.05, 0) is 111 Å². The summed E-state index contributed by atoms with van der Waals surface area (Å²) in [5.41, 5.74) is 20.8. The van der Waals surface area contributed by atoms with Crippen molar-refractivity contribution < 1.29 is 80.4 Å². The second kappa shape index (κ2) is 33.2. The Labute approximate surface area is 645 Å². The second-order valence-electron chi connectivity index (χ2n) is 25.9. The van der Waals surface area contributed by atoms with E-state index in [0.717, 1.165) is 74.5 Å². The van der Waals surface area contributed by atoms with Crippen LogP contribution in [0.15, 0.2) is 255 Å². The average Bonchev–Trinajstić information content (AvgIpc) is 1.64. The molecule has 16 rings (SSSR count). The van der Waals surface area contributed by atoms with Gasteiger partial charge in [0.15, 0.2) is 0 Å². The van der Waals surface area contributed by atoms with E-state index in [9.17, 15) is 0 Å². The van der Waals surface area contributed by atoms with Crippen LogP contribution in [-0.2, 0) is 91.3 Å². The van der Waals surface area contributed by atoms with E-state index in [1.807, 2.05) is 90.7 Å². The third-order valence-corrected chi connectivity index (χ3v) is 17.2. The van der Waals surface area contributed by atoms with Gasteiger partial charge in [0.05, 0.1) is 11.4 Å². The molecule has 0 saturated heterocycles. The minimum atomic E-state index is 0. The number of aromatic nitrogens is 4. The molecule has 0 bridgehead atoms. The van der Waals surface area contributed by atoms with Crippen LogP contribution in [-0.4, -0.2) is 19.9 Å². The summed E-state index contributed by atoms with van der Waals surface area (Å²) in [6, 6.07) is 92.2. The summed E-state index contributed by atoms with van der Waals surface area (Å²) in [6.07, 6.45) is 7.11. The second-order valence-corrected chi connectivity index (χ2v) is 25.9. The molecule has 0 fully saturated rings. The van der Waals surface area contributed by atoms with Crippen molar-refractivity contribution in [1.29, 1.82) is 0 Å². The Morgan fingerprint density at radius 3 is 0.980 bits per heavy atom. The molecule has 12 nitrogen and oxygen atoms in total. The molecule has 0 N–H and O–H groups in total. The number of hydrogen-bond donors (Lipinski definition) is 0. The molecule has 100 heavy (non-hydrogen) atoms. The number of anilines is 16. The Hall–Kier alpha value is -8.64. The average molecular weight is 2020 g/mol. The first-order valence-corrected chi connectivity index (χ1v) is 32.3. The van der Waals surface area contributed by atoms with E-state index in [1.165, 1.54) is 50.4 Å². The molecule has 0 unspecified atom stereocenters. The zero-order chi connectivity index (χ0) is 66.5. The van der Waals surface area contributed by atoms with E-state index in [0.29, 0.717) is 0 Å². The molecular formula is C84H76Ir4N12-8. The van der Waals surface area contributed by atoms with Crippen molar-refractivity contribution in [3.8, 4) is 0 Å². The van der Waals surface area contributed by atoms with Crippen molar-refractivity contribution in [2.75, 3.05) is 39.2 Å². The fraction of sp³-hybridized carbons (Fsp3) is 0.143. The van der Waals surface area contributed by atoms with Crippen LogP contribution in [0.25, 0.3) is 0 Å². The standard InChI is InChI=1S/2C23H23N3.C20H16N2.C18H14N4.4Ir/c1-17-8-5-6-9-20(17)26-16-25(22-21(26)10-7-15-24-22)19-13-11-18(12-14-19)23(2,3)4;1-17-8-5-6-9-20(17)26-16-25(21-10-7-15-24-22(21)26)19-13-11-18(12-14-19)23(2,3)4;1-16-9-5-6-12-18(16)22-15-21(17-10-3-2-4-11-17)19-13-7-8-14-20(19)22;1-14-7-5-6-10-16(14)22-13-21(15-8-3-2-4-9-15)17-18(22)20-12-11-19-17;;;;/h2*5-13,15-16H,1-4H3;2-10,12-15H,1H3;2-8,10-13H,1H3;;;;/q4*-2;;;;. The molecule has 9 aromatic carbocycles. The maximum Gasteiger partial charge on any atom is 0.145 e. The third-order valence-electron chi connectivity index (χ3n) is 17.2. The van der Waals surface area contributed by atoms with Gasteiger partial charge in [0.2, 0.25) is 0 Å². The number of nitrogens with zero attached hydrogens (tertiary/aromatic N) is 12. The first-order chi connectivity index (χ1) is 46.6. The van der Waals surface area contributed by atoms with Crippen LogP contribution in [0.1, 0.15) is 74.9 Å². The minimum Gasteiger partial charge on any atom is -0.493 e. The van der Waals surface area contributed by atoms with Crippen LogP contribution in [0.3, 0.4) is 0 Å². The molecule has 0 spiro atoms.